The predicted molar refractivity (Wildman–Crippen MR) is 83.7 cm³/mol. The lowest BCUT2D eigenvalue weighted by molar-refractivity contribution is 0.0635. The molecule has 0 spiro atoms. The third kappa shape index (κ3) is 3.52. The van der Waals surface area contributed by atoms with Crippen LogP contribution in [0.2, 0.25) is 0 Å². The summed E-state index contributed by atoms with van der Waals surface area (Å²) in [5.41, 5.74) is 7.21. The maximum Gasteiger partial charge on any atom is 0.412 e. The van der Waals surface area contributed by atoms with Gasteiger partial charge in [-0.2, -0.15) is 0 Å². The van der Waals surface area contributed by atoms with Crippen LogP contribution in [0.25, 0.3) is 0 Å². The molecule has 20 heavy (non-hydrogen) atoms. The molecule has 0 heterocycles. The minimum Gasteiger partial charge on any atom is -0.444 e. The number of rotatable bonds is 2. The monoisotopic (exact) mass is 340 g/mol. The first-order valence-electron chi connectivity index (χ1n) is 6.79. The maximum absolute atomic E-state index is 11.9. The first-order valence-corrected chi connectivity index (χ1v) is 7.58. The summed E-state index contributed by atoms with van der Waals surface area (Å²) >= 11 is 3.42. The number of carbonyl (C=O) groups excluding carboxylic acids is 1. The molecule has 2 rings (SSSR count). The molecule has 0 atom stereocenters. The van der Waals surface area contributed by atoms with Gasteiger partial charge in [-0.15, -0.1) is 0 Å². The summed E-state index contributed by atoms with van der Waals surface area (Å²) in [7, 11) is 0. The summed E-state index contributed by atoms with van der Waals surface area (Å²) in [6.07, 6.45) is 2.55. The predicted octanol–water partition coefficient (Wildman–Crippen LogP) is 4.13. The number of halogens is 1. The van der Waals surface area contributed by atoms with Crippen LogP contribution in [0, 0.1) is 0 Å². The van der Waals surface area contributed by atoms with Gasteiger partial charge >= 0.3 is 6.09 Å². The number of benzene rings is 1. The molecule has 1 aliphatic carbocycles. The number of nitrogens with one attached hydrogen (secondary N) is 1. The zero-order chi connectivity index (χ0) is 15.0. The highest BCUT2D eigenvalue weighted by molar-refractivity contribution is 9.10. The van der Waals surface area contributed by atoms with Gasteiger partial charge in [-0.05, 0) is 57.7 Å². The van der Waals surface area contributed by atoms with Crippen LogP contribution in [-0.2, 0) is 10.3 Å². The minimum absolute atomic E-state index is 0.328. The number of carbonyl (C=O) groups is 1. The second-order valence-corrected chi connectivity index (χ2v) is 7.24. The van der Waals surface area contributed by atoms with Crippen molar-refractivity contribution in [2.24, 2.45) is 5.73 Å². The average molecular weight is 341 g/mol. The smallest absolute Gasteiger partial charge is 0.412 e. The topological polar surface area (TPSA) is 64.3 Å². The molecule has 1 aliphatic rings. The number of hydrogen-bond acceptors (Lipinski definition) is 3. The normalized spacial score (nSPS) is 17.2. The first kappa shape index (κ1) is 15.3. The van der Waals surface area contributed by atoms with E-state index in [1.54, 1.807) is 0 Å². The number of amides is 1. The molecule has 5 heteroatoms. The van der Waals surface area contributed by atoms with Crippen LogP contribution in [-0.4, -0.2) is 11.7 Å². The molecule has 110 valence electrons. The van der Waals surface area contributed by atoms with Crippen molar-refractivity contribution in [1.82, 2.24) is 0 Å². The van der Waals surface area contributed by atoms with Gasteiger partial charge < -0.3 is 10.5 Å². The molecule has 0 aliphatic heterocycles. The number of hydrogen-bond donors (Lipinski definition) is 2. The molecule has 0 bridgehead atoms. The van der Waals surface area contributed by atoms with Gasteiger partial charge in [0, 0.05) is 10.0 Å². The molecule has 1 saturated carbocycles. The van der Waals surface area contributed by atoms with Crippen LogP contribution in [0.5, 0.6) is 0 Å². The summed E-state index contributed by atoms with van der Waals surface area (Å²) < 4.78 is 6.19. The summed E-state index contributed by atoms with van der Waals surface area (Å²) in [4.78, 5) is 11.9. The number of nitrogens with two attached hydrogens (primary N) is 1. The quantitative estimate of drug-likeness (QED) is 0.850. The van der Waals surface area contributed by atoms with Gasteiger partial charge in [-0.1, -0.05) is 22.0 Å². The second-order valence-electron chi connectivity index (χ2n) is 6.33. The van der Waals surface area contributed by atoms with E-state index in [1.807, 2.05) is 39.0 Å². The lowest BCUT2D eigenvalue weighted by atomic mass is 9.72. The molecule has 4 nitrogen and oxygen atoms in total. The van der Waals surface area contributed by atoms with Crippen molar-refractivity contribution in [2.45, 2.75) is 51.2 Å². The van der Waals surface area contributed by atoms with Gasteiger partial charge in [-0.25, -0.2) is 4.79 Å². The Labute approximate surface area is 128 Å². The molecule has 1 aromatic carbocycles. The van der Waals surface area contributed by atoms with Gasteiger partial charge in [0.2, 0.25) is 0 Å². The van der Waals surface area contributed by atoms with E-state index in [0.29, 0.717) is 0 Å². The Hall–Kier alpha value is -1.07. The fourth-order valence-corrected chi connectivity index (χ4v) is 2.66. The summed E-state index contributed by atoms with van der Waals surface area (Å²) in [5.74, 6) is 0. The molecule has 1 amide bonds. The Bertz CT molecular complexity index is 519. The molecular formula is C15H21BrN2O2. The standard InChI is InChI=1S/C15H21BrN2O2/c1-14(2,3)20-13(19)18-12-9-10(16)5-6-11(12)15(17)7-4-8-15/h5-6,9H,4,7-8,17H2,1-3H3,(H,18,19). The summed E-state index contributed by atoms with van der Waals surface area (Å²) in [5, 5.41) is 2.81. The number of ether oxygens (including phenoxy) is 1. The van der Waals surface area contributed by atoms with Gasteiger partial charge in [0.05, 0.1) is 5.69 Å². The SMILES string of the molecule is CC(C)(C)OC(=O)Nc1cc(Br)ccc1C1(N)CCC1. The van der Waals surface area contributed by atoms with E-state index in [-0.39, 0.29) is 5.54 Å². The zero-order valence-electron chi connectivity index (χ0n) is 12.1. The Morgan fingerprint density at radius 1 is 1.40 bits per heavy atom. The summed E-state index contributed by atoms with van der Waals surface area (Å²) in [6, 6.07) is 5.78. The van der Waals surface area contributed by atoms with Crippen LogP contribution in [0.3, 0.4) is 0 Å². The first-order chi connectivity index (χ1) is 9.20. The number of anilines is 1. The van der Waals surface area contributed by atoms with Crippen molar-refractivity contribution in [1.29, 1.82) is 0 Å². The minimum atomic E-state index is -0.521. The van der Waals surface area contributed by atoms with Crippen LogP contribution in [0.1, 0.15) is 45.6 Å². The van der Waals surface area contributed by atoms with Gasteiger partial charge in [0.1, 0.15) is 5.60 Å². The zero-order valence-corrected chi connectivity index (χ0v) is 13.7. The van der Waals surface area contributed by atoms with Gasteiger partial charge in [-0.3, -0.25) is 5.32 Å². The van der Waals surface area contributed by atoms with E-state index in [9.17, 15) is 4.79 Å². The van der Waals surface area contributed by atoms with E-state index in [0.717, 1.165) is 35.0 Å². The Kier molecular flexibility index (Phi) is 4.12. The molecule has 0 aromatic heterocycles. The van der Waals surface area contributed by atoms with E-state index in [2.05, 4.69) is 21.2 Å². The average Bonchev–Trinajstić information content (AvgIpc) is 2.23. The van der Waals surface area contributed by atoms with Crippen molar-refractivity contribution in [2.75, 3.05) is 5.32 Å². The maximum atomic E-state index is 11.9. The van der Waals surface area contributed by atoms with Gasteiger partial charge in [0.25, 0.3) is 0 Å². The molecule has 3 N–H and O–H groups in total. The Morgan fingerprint density at radius 2 is 2.05 bits per heavy atom. The van der Waals surface area contributed by atoms with Crippen molar-refractivity contribution in [3.05, 3.63) is 28.2 Å². The largest absolute Gasteiger partial charge is 0.444 e. The lowest BCUT2D eigenvalue weighted by Gasteiger charge is -2.39. The van der Waals surface area contributed by atoms with Gasteiger partial charge in [0.15, 0.2) is 0 Å². The van der Waals surface area contributed by atoms with Crippen molar-refractivity contribution >= 4 is 27.7 Å². The third-order valence-corrected chi connectivity index (χ3v) is 3.89. The molecule has 0 radical (unpaired) electrons. The highest BCUT2D eigenvalue weighted by Crippen LogP contribution is 2.42. The highest BCUT2D eigenvalue weighted by Gasteiger charge is 2.36. The van der Waals surface area contributed by atoms with Crippen molar-refractivity contribution in [3.8, 4) is 0 Å². The molecule has 1 aromatic rings. The Balaban J connectivity index is 2.22. The fraction of sp³-hybridized carbons (Fsp3) is 0.533. The third-order valence-electron chi connectivity index (χ3n) is 3.40. The van der Waals surface area contributed by atoms with E-state index in [1.165, 1.54) is 0 Å². The summed E-state index contributed by atoms with van der Waals surface area (Å²) in [6.45, 7) is 5.51. The molecule has 0 unspecified atom stereocenters. The van der Waals surface area contributed by atoms with Crippen molar-refractivity contribution in [3.63, 3.8) is 0 Å². The van der Waals surface area contributed by atoms with E-state index >= 15 is 0 Å². The van der Waals surface area contributed by atoms with Crippen LogP contribution < -0.4 is 11.1 Å². The highest BCUT2D eigenvalue weighted by atomic mass is 79.9. The molecule has 0 saturated heterocycles. The van der Waals surface area contributed by atoms with E-state index < -0.39 is 11.7 Å². The molecular weight excluding hydrogens is 320 g/mol. The van der Waals surface area contributed by atoms with Crippen LogP contribution >= 0.6 is 15.9 Å². The molecule has 1 fully saturated rings. The Morgan fingerprint density at radius 3 is 2.55 bits per heavy atom. The van der Waals surface area contributed by atoms with Crippen molar-refractivity contribution < 1.29 is 9.53 Å². The van der Waals surface area contributed by atoms with Crippen LogP contribution in [0.15, 0.2) is 22.7 Å². The fourth-order valence-electron chi connectivity index (χ4n) is 2.29. The second kappa shape index (κ2) is 5.37. The lowest BCUT2D eigenvalue weighted by Crippen LogP contribution is -2.44. The van der Waals surface area contributed by atoms with E-state index in [4.69, 9.17) is 10.5 Å². The van der Waals surface area contributed by atoms with Crippen LogP contribution in [0.4, 0.5) is 10.5 Å².